The Bertz CT molecular complexity index is 1150. The van der Waals surface area contributed by atoms with E-state index in [1.54, 1.807) is 18.2 Å². The zero-order chi connectivity index (χ0) is 23.2. The number of fused-ring (bicyclic) bond motifs is 1. The number of para-hydroxylation sites is 2. The molecule has 1 aliphatic rings. The summed E-state index contributed by atoms with van der Waals surface area (Å²) >= 11 is 3.48. The van der Waals surface area contributed by atoms with Gasteiger partial charge in [0.2, 0.25) is 5.88 Å². The van der Waals surface area contributed by atoms with E-state index in [2.05, 4.69) is 31.1 Å². The maximum absolute atomic E-state index is 12.3. The fourth-order valence-electron chi connectivity index (χ4n) is 4.03. The summed E-state index contributed by atoms with van der Waals surface area (Å²) in [7, 11) is 1.53. The van der Waals surface area contributed by atoms with Crippen LogP contribution in [0.4, 0.5) is 5.69 Å². The van der Waals surface area contributed by atoms with E-state index in [0.29, 0.717) is 18.2 Å². The number of carbonyl (C=O) groups is 1. The molecule has 0 atom stereocenters. The molecule has 0 unspecified atom stereocenters. The highest BCUT2D eigenvalue weighted by Gasteiger charge is 2.20. The molecule has 9 heteroatoms. The van der Waals surface area contributed by atoms with E-state index in [4.69, 9.17) is 9.47 Å². The lowest BCUT2D eigenvalue weighted by atomic mass is 10.2. The van der Waals surface area contributed by atoms with Crippen molar-refractivity contribution >= 4 is 38.4 Å². The summed E-state index contributed by atoms with van der Waals surface area (Å²) in [6.07, 6.45) is 4.78. The number of methoxy groups -OCH3 is 1. The van der Waals surface area contributed by atoms with Gasteiger partial charge in [0.05, 0.1) is 19.3 Å². The standard InChI is InChI=1S/C24H27BrN4O4/c1-32-20-8-4-5-9-21(20)33-15-22(30)26-27-23-18-14-17(25)10-11-19(18)29(24(23)31)16-28-12-6-2-3-7-13-28/h4-5,8-11,14,31H,2-3,6-7,12-13,15-16H2,1H3. The van der Waals surface area contributed by atoms with Gasteiger partial charge in [-0.1, -0.05) is 40.9 Å². The number of benzene rings is 2. The summed E-state index contributed by atoms with van der Waals surface area (Å²) in [6, 6.07) is 12.8. The minimum Gasteiger partial charge on any atom is -0.493 e. The molecular weight excluding hydrogens is 488 g/mol. The fraction of sp³-hybridized carbons (Fsp3) is 0.375. The van der Waals surface area contributed by atoms with Gasteiger partial charge in [-0.15, -0.1) is 10.2 Å². The lowest BCUT2D eigenvalue weighted by Crippen LogP contribution is -2.27. The number of ether oxygens (including phenoxy) is 2. The van der Waals surface area contributed by atoms with Crippen LogP contribution in [0.15, 0.2) is 57.2 Å². The molecule has 174 valence electrons. The smallest absolute Gasteiger partial charge is 0.302 e. The molecule has 3 aromatic rings. The summed E-state index contributed by atoms with van der Waals surface area (Å²) in [4.78, 5) is 14.7. The van der Waals surface area contributed by atoms with Gasteiger partial charge in [0, 0.05) is 9.86 Å². The maximum Gasteiger partial charge on any atom is 0.302 e. The number of azo groups is 1. The molecule has 0 spiro atoms. The van der Waals surface area contributed by atoms with Gasteiger partial charge < -0.3 is 14.6 Å². The minimum atomic E-state index is -0.566. The Hall–Kier alpha value is -2.91. The van der Waals surface area contributed by atoms with E-state index in [0.717, 1.165) is 41.3 Å². The molecule has 1 aromatic heterocycles. The van der Waals surface area contributed by atoms with E-state index in [1.165, 1.54) is 20.0 Å². The van der Waals surface area contributed by atoms with Gasteiger partial charge >= 0.3 is 5.91 Å². The predicted molar refractivity (Wildman–Crippen MR) is 129 cm³/mol. The Labute approximate surface area is 200 Å². The number of carbonyl (C=O) groups excluding carboxylic acids is 1. The highest BCUT2D eigenvalue weighted by atomic mass is 79.9. The largest absolute Gasteiger partial charge is 0.493 e. The topological polar surface area (TPSA) is 88.6 Å². The average Bonchev–Trinajstić information content (AvgIpc) is 2.98. The number of hydrogen-bond donors (Lipinski definition) is 1. The highest BCUT2D eigenvalue weighted by molar-refractivity contribution is 9.10. The molecule has 1 amide bonds. The highest BCUT2D eigenvalue weighted by Crippen LogP contribution is 2.40. The van der Waals surface area contributed by atoms with Crippen molar-refractivity contribution in [1.82, 2.24) is 9.47 Å². The summed E-state index contributed by atoms with van der Waals surface area (Å²) < 4.78 is 13.4. The van der Waals surface area contributed by atoms with Crippen molar-refractivity contribution in [2.24, 2.45) is 10.2 Å². The molecule has 2 heterocycles. The Morgan fingerprint density at radius 2 is 1.82 bits per heavy atom. The molecule has 1 N–H and O–H groups in total. The first kappa shape index (κ1) is 23.3. The zero-order valence-corrected chi connectivity index (χ0v) is 20.1. The number of aromatic hydroxyl groups is 1. The van der Waals surface area contributed by atoms with Crippen molar-refractivity contribution in [3.8, 4) is 17.4 Å². The van der Waals surface area contributed by atoms with Crippen molar-refractivity contribution in [1.29, 1.82) is 0 Å². The predicted octanol–water partition coefficient (Wildman–Crippen LogP) is 5.64. The van der Waals surface area contributed by atoms with Crippen molar-refractivity contribution in [3.05, 3.63) is 46.9 Å². The Balaban J connectivity index is 1.55. The van der Waals surface area contributed by atoms with Gasteiger partial charge in [0.1, 0.15) is 0 Å². The summed E-state index contributed by atoms with van der Waals surface area (Å²) in [5.74, 6) is 0.406. The van der Waals surface area contributed by atoms with Crippen LogP contribution in [-0.2, 0) is 11.5 Å². The Kier molecular flexibility index (Phi) is 7.61. The summed E-state index contributed by atoms with van der Waals surface area (Å²) in [5.41, 5.74) is 1.11. The molecule has 0 aliphatic carbocycles. The molecule has 4 rings (SSSR count). The molecule has 1 saturated heterocycles. The minimum absolute atomic E-state index is 0.00505. The first-order valence-corrected chi connectivity index (χ1v) is 11.8. The van der Waals surface area contributed by atoms with Crippen LogP contribution in [0.5, 0.6) is 17.4 Å². The zero-order valence-electron chi connectivity index (χ0n) is 18.5. The van der Waals surface area contributed by atoms with Crippen LogP contribution in [0.1, 0.15) is 25.7 Å². The Morgan fingerprint density at radius 3 is 2.55 bits per heavy atom. The van der Waals surface area contributed by atoms with Crippen molar-refractivity contribution < 1.29 is 19.4 Å². The first-order chi connectivity index (χ1) is 16.1. The van der Waals surface area contributed by atoms with E-state index in [9.17, 15) is 9.90 Å². The van der Waals surface area contributed by atoms with E-state index < -0.39 is 5.91 Å². The van der Waals surface area contributed by atoms with Crippen molar-refractivity contribution in [2.45, 2.75) is 32.4 Å². The van der Waals surface area contributed by atoms with E-state index in [-0.39, 0.29) is 18.2 Å². The number of rotatable bonds is 7. The fourth-order valence-corrected chi connectivity index (χ4v) is 4.39. The molecule has 2 aromatic carbocycles. The van der Waals surface area contributed by atoms with Crippen LogP contribution in [0.3, 0.4) is 0 Å². The summed E-state index contributed by atoms with van der Waals surface area (Å²) in [5, 5.41) is 19.6. The lowest BCUT2D eigenvalue weighted by molar-refractivity contribution is -0.120. The van der Waals surface area contributed by atoms with Crippen LogP contribution >= 0.6 is 15.9 Å². The third-order valence-corrected chi connectivity index (χ3v) is 6.19. The van der Waals surface area contributed by atoms with E-state index in [1.807, 2.05) is 28.8 Å². The Morgan fingerprint density at radius 1 is 1.09 bits per heavy atom. The molecule has 0 bridgehead atoms. The van der Waals surface area contributed by atoms with Crippen LogP contribution in [0.2, 0.25) is 0 Å². The first-order valence-electron chi connectivity index (χ1n) is 11.0. The number of hydrogen-bond acceptors (Lipinski definition) is 6. The number of aromatic nitrogens is 1. The van der Waals surface area contributed by atoms with Crippen molar-refractivity contribution in [2.75, 3.05) is 26.8 Å². The van der Waals surface area contributed by atoms with Gasteiger partial charge in [-0.3, -0.25) is 14.3 Å². The number of halogens is 1. The van der Waals surface area contributed by atoms with E-state index >= 15 is 0 Å². The second-order valence-corrected chi connectivity index (χ2v) is 8.88. The second kappa shape index (κ2) is 10.8. The van der Waals surface area contributed by atoms with Gasteiger partial charge in [0.25, 0.3) is 0 Å². The van der Waals surface area contributed by atoms with Gasteiger partial charge in [-0.2, -0.15) is 0 Å². The van der Waals surface area contributed by atoms with Crippen molar-refractivity contribution in [3.63, 3.8) is 0 Å². The third kappa shape index (κ3) is 5.54. The van der Waals surface area contributed by atoms with Gasteiger partial charge in [-0.05, 0) is 56.3 Å². The summed E-state index contributed by atoms with van der Waals surface area (Å²) in [6.45, 7) is 2.25. The van der Waals surface area contributed by atoms with Gasteiger partial charge in [-0.25, -0.2) is 0 Å². The molecule has 33 heavy (non-hydrogen) atoms. The average molecular weight is 515 g/mol. The number of likely N-dealkylation sites (tertiary alicyclic amines) is 1. The maximum atomic E-state index is 12.3. The van der Waals surface area contributed by atoms with Crippen LogP contribution in [0, 0.1) is 0 Å². The second-order valence-electron chi connectivity index (χ2n) is 7.97. The molecular formula is C24H27BrN4O4. The molecule has 1 aliphatic heterocycles. The van der Waals surface area contributed by atoms with Crippen LogP contribution < -0.4 is 9.47 Å². The monoisotopic (exact) mass is 514 g/mol. The van der Waals surface area contributed by atoms with Gasteiger partial charge in [0.15, 0.2) is 23.8 Å². The third-order valence-electron chi connectivity index (χ3n) is 5.69. The molecule has 8 nitrogen and oxygen atoms in total. The molecule has 0 saturated carbocycles. The van der Waals surface area contributed by atoms with Crippen LogP contribution in [-0.4, -0.2) is 47.3 Å². The lowest BCUT2D eigenvalue weighted by Gasteiger charge is -2.21. The molecule has 0 radical (unpaired) electrons. The normalized spacial score (nSPS) is 15.1. The number of amides is 1. The SMILES string of the molecule is COc1ccccc1OCC(=O)N=Nc1c(O)n(CN2CCCCCC2)c2ccc(Br)cc12. The molecule has 1 fully saturated rings. The number of nitrogens with zero attached hydrogens (tertiary/aromatic N) is 4. The quantitative estimate of drug-likeness (QED) is 0.412. The van der Waals surface area contributed by atoms with Crippen LogP contribution in [0.25, 0.3) is 10.9 Å².